The van der Waals surface area contributed by atoms with Crippen LogP contribution in [0.25, 0.3) is 0 Å². The molecule has 1 heterocycles. The Morgan fingerprint density at radius 2 is 1.65 bits per heavy atom. The molecule has 0 unspecified atom stereocenters. The predicted molar refractivity (Wildman–Crippen MR) is 106 cm³/mol. The zero-order valence-corrected chi connectivity index (χ0v) is 15.5. The molecule has 1 fully saturated rings. The van der Waals surface area contributed by atoms with Crippen LogP contribution in [0.1, 0.15) is 5.56 Å². The van der Waals surface area contributed by atoms with E-state index in [0.717, 1.165) is 37.4 Å². The maximum absolute atomic E-state index is 11.8. The summed E-state index contributed by atoms with van der Waals surface area (Å²) in [5.41, 5.74) is 3.15. The molecule has 0 aromatic heterocycles. The number of nitrogens with zero attached hydrogens (tertiary/aromatic N) is 3. The lowest BCUT2D eigenvalue weighted by Crippen LogP contribution is -2.44. The lowest BCUT2D eigenvalue weighted by atomic mass is 10.0. The van der Waals surface area contributed by atoms with E-state index in [1.807, 2.05) is 54.4 Å². The maximum Gasteiger partial charge on any atom is 0.326 e. The molecule has 1 aliphatic rings. The highest BCUT2D eigenvalue weighted by molar-refractivity contribution is 5.78. The van der Waals surface area contributed by atoms with Crippen molar-refractivity contribution < 1.29 is 9.90 Å². The van der Waals surface area contributed by atoms with Crippen LogP contribution < -0.4 is 9.80 Å². The van der Waals surface area contributed by atoms with Gasteiger partial charge >= 0.3 is 5.97 Å². The van der Waals surface area contributed by atoms with E-state index in [0.29, 0.717) is 6.42 Å². The molecule has 1 N–H and O–H groups in total. The van der Waals surface area contributed by atoms with Crippen LogP contribution in [0.15, 0.2) is 54.6 Å². The molecule has 5 heteroatoms. The normalized spacial score (nSPS) is 16.3. The van der Waals surface area contributed by atoms with Crippen molar-refractivity contribution in [2.24, 2.45) is 0 Å². The summed E-state index contributed by atoms with van der Waals surface area (Å²) in [6, 6.07) is 17.4. The average Bonchev–Trinajstić information content (AvgIpc) is 2.67. The molecule has 0 radical (unpaired) electrons. The predicted octanol–water partition coefficient (Wildman–Crippen LogP) is 2.57. The second-order valence-corrected chi connectivity index (χ2v) is 6.96. The average molecular weight is 353 g/mol. The van der Waals surface area contributed by atoms with Crippen LogP contribution in [-0.4, -0.2) is 62.3 Å². The Labute approximate surface area is 155 Å². The number of aliphatic carboxylic acids is 1. The molecule has 1 saturated heterocycles. The summed E-state index contributed by atoms with van der Waals surface area (Å²) in [6.45, 7) is 4.19. The summed E-state index contributed by atoms with van der Waals surface area (Å²) in [5, 5.41) is 9.70. The van der Waals surface area contributed by atoms with Gasteiger partial charge in [-0.2, -0.15) is 0 Å². The summed E-state index contributed by atoms with van der Waals surface area (Å²) in [7, 11) is 4.00. The third kappa shape index (κ3) is 4.35. The summed E-state index contributed by atoms with van der Waals surface area (Å²) in [4.78, 5) is 18.4. The number of piperazine rings is 1. The molecule has 3 rings (SSSR count). The molecule has 2 aromatic rings. The van der Waals surface area contributed by atoms with Crippen LogP contribution >= 0.6 is 0 Å². The molecule has 26 heavy (non-hydrogen) atoms. The van der Waals surface area contributed by atoms with Gasteiger partial charge in [-0.1, -0.05) is 30.3 Å². The van der Waals surface area contributed by atoms with Crippen LogP contribution in [-0.2, 0) is 11.2 Å². The van der Waals surface area contributed by atoms with Gasteiger partial charge in [-0.15, -0.1) is 0 Å². The molecule has 138 valence electrons. The minimum atomic E-state index is -0.806. The Bertz CT molecular complexity index is 710. The molecule has 0 saturated carbocycles. The summed E-state index contributed by atoms with van der Waals surface area (Å²) < 4.78 is 0. The van der Waals surface area contributed by atoms with Crippen molar-refractivity contribution in [1.82, 2.24) is 4.90 Å². The van der Waals surface area contributed by atoms with Crippen molar-refractivity contribution in [3.8, 4) is 0 Å². The van der Waals surface area contributed by atoms with E-state index in [9.17, 15) is 9.90 Å². The standard InChI is InChI=1S/C21H27N3O2/c1-22-12-14-24(15-13-22)19-10-8-18(9-11-19)23(2)20(21(25)26)16-17-6-4-3-5-7-17/h3-11,20H,12-16H2,1-2H3,(H,25,26)/t20-/m0/s1. The van der Waals surface area contributed by atoms with Gasteiger partial charge in [0.25, 0.3) is 0 Å². The minimum absolute atomic E-state index is 0.479. The zero-order chi connectivity index (χ0) is 18.5. The molecule has 1 aliphatic heterocycles. The fraction of sp³-hybridized carbons (Fsp3) is 0.381. The van der Waals surface area contributed by atoms with Gasteiger partial charge in [-0.05, 0) is 36.9 Å². The first-order valence-corrected chi connectivity index (χ1v) is 9.08. The van der Waals surface area contributed by atoms with E-state index in [2.05, 4.69) is 29.0 Å². The second-order valence-electron chi connectivity index (χ2n) is 6.96. The molecular weight excluding hydrogens is 326 g/mol. The van der Waals surface area contributed by atoms with Crippen LogP contribution in [0, 0.1) is 0 Å². The molecular formula is C21H27N3O2. The number of rotatable bonds is 6. The van der Waals surface area contributed by atoms with E-state index in [-0.39, 0.29) is 0 Å². The van der Waals surface area contributed by atoms with Gasteiger partial charge in [0.05, 0.1) is 0 Å². The van der Waals surface area contributed by atoms with Crippen molar-refractivity contribution >= 4 is 17.3 Å². The molecule has 2 aromatic carbocycles. The topological polar surface area (TPSA) is 47.0 Å². The Kier molecular flexibility index (Phi) is 5.78. The highest BCUT2D eigenvalue weighted by Gasteiger charge is 2.23. The van der Waals surface area contributed by atoms with Crippen LogP contribution in [0.3, 0.4) is 0 Å². The first-order chi connectivity index (χ1) is 12.5. The third-order valence-electron chi connectivity index (χ3n) is 5.15. The van der Waals surface area contributed by atoms with Crippen LogP contribution in [0.4, 0.5) is 11.4 Å². The Morgan fingerprint density at radius 3 is 2.23 bits per heavy atom. The van der Waals surface area contributed by atoms with Gasteiger partial charge in [-0.3, -0.25) is 0 Å². The number of carboxylic acid groups (broad SMARTS) is 1. The van der Waals surface area contributed by atoms with Gasteiger partial charge in [0, 0.05) is 51.0 Å². The lowest BCUT2D eigenvalue weighted by molar-refractivity contribution is -0.138. The van der Waals surface area contributed by atoms with E-state index in [4.69, 9.17) is 0 Å². The van der Waals surface area contributed by atoms with Crippen molar-refractivity contribution in [1.29, 1.82) is 0 Å². The highest BCUT2D eigenvalue weighted by atomic mass is 16.4. The third-order valence-corrected chi connectivity index (χ3v) is 5.15. The SMILES string of the molecule is CN1CCN(c2ccc(N(C)[C@@H](Cc3ccccc3)C(=O)O)cc2)CC1. The summed E-state index contributed by atoms with van der Waals surface area (Å²) in [6.07, 6.45) is 0.479. The summed E-state index contributed by atoms with van der Waals surface area (Å²) >= 11 is 0. The Hall–Kier alpha value is -2.53. The number of hydrogen-bond acceptors (Lipinski definition) is 4. The smallest absolute Gasteiger partial charge is 0.326 e. The first kappa shape index (κ1) is 18.3. The Balaban J connectivity index is 1.71. The van der Waals surface area contributed by atoms with Crippen molar-refractivity contribution in [3.05, 3.63) is 60.2 Å². The second kappa shape index (κ2) is 8.23. The van der Waals surface area contributed by atoms with Crippen LogP contribution in [0.5, 0.6) is 0 Å². The minimum Gasteiger partial charge on any atom is -0.480 e. The monoisotopic (exact) mass is 353 g/mol. The molecule has 5 nitrogen and oxygen atoms in total. The Morgan fingerprint density at radius 1 is 1.04 bits per heavy atom. The fourth-order valence-corrected chi connectivity index (χ4v) is 3.37. The molecule has 0 bridgehead atoms. The number of likely N-dealkylation sites (N-methyl/N-ethyl adjacent to an activating group) is 2. The van der Waals surface area contributed by atoms with Gasteiger partial charge < -0.3 is 19.8 Å². The van der Waals surface area contributed by atoms with Gasteiger partial charge in [0.15, 0.2) is 0 Å². The fourth-order valence-electron chi connectivity index (χ4n) is 3.37. The van der Waals surface area contributed by atoms with Crippen LogP contribution in [0.2, 0.25) is 0 Å². The zero-order valence-electron chi connectivity index (χ0n) is 15.5. The van der Waals surface area contributed by atoms with Crippen molar-refractivity contribution in [2.75, 3.05) is 50.1 Å². The molecule has 0 spiro atoms. The number of hydrogen-bond donors (Lipinski definition) is 1. The molecule has 0 amide bonds. The number of anilines is 2. The van der Waals surface area contributed by atoms with E-state index < -0.39 is 12.0 Å². The van der Waals surface area contributed by atoms with Gasteiger partial charge in [0.1, 0.15) is 6.04 Å². The van der Waals surface area contributed by atoms with Crippen molar-refractivity contribution in [2.45, 2.75) is 12.5 Å². The lowest BCUT2D eigenvalue weighted by Gasteiger charge is -2.34. The van der Waals surface area contributed by atoms with E-state index >= 15 is 0 Å². The van der Waals surface area contributed by atoms with Gasteiger partial charge in [0.2, 0.25) is 0 Å². The van der Waals surface area contributed by atoms with Crippen molar-refractivity contribution in [3.63, 3.8) is 0 Å². The quantitative estimate of drug-likeness (QED) is 0.865. The number of benzene rings is 2. The van der Waals surface area contributed by atoms with E-state index in [1.165, 1.54) is 5.69 Å². The number of carboxylic acids is 1. The first-order valence-electron chi connectivity index (χ1n) is 9.08. The summed E-state index contributed by atoms with van der Waals surface area (Å²) in [5.74, 6) is -0.806. The highest BCUT2D eigenvalue weighted by Crippen LogP contribution is 2.23. The van der Waals surface area contributed by atoms with Gasteiger partial charge in [-0.25, -0.2) is 4.79 Å². The number of carbonyl (C=O) groups is 1. The molecule has 1 atom stereocenters. The van der Waals surface area contributed by atoms with E-state index in [1.54, 1.807) is 0 Å². The molecule has 0 aliphatic carbocycles. The largest absolute Gasteiger partial charge is 0.480 e. The maximum atomic E-state index is 11.8.